The highest BCUT2D eigenvalue weighted by atomic mass is 16.6. The molecule has 1 heterocycles. The monoisotopic (exact) mass is 396 g/mol. The number of hydrogen-bond donors (Lipinski definition) is 1. The molecule has 0 fully saturated rings. The third-order valence-corrected chi connectivity index (χ3v) is 4.98. The third-order valence-electron chi connectivity index (χ3n) is 4.98. The highest BCUT2D eigenvalue weighted by molar-refractivity contribution is 5.82. The van der Waals surface area contributed by atoms with Crippen LogP contribution in [0, 0.1) is 17.0 Å². The average molecular weight is 396 g/mol. The van der Waals surface area contributed by atoms with Gasteiger partial charge < -0.3 is 10.1 Å². The molecule has 0 bridgehead atoms. The van der Waals surface area contributed by atoms with E-state index >= 15 is 0 Å². The highest BCUT2D eigenvalue weighted by Crippen LogP contribution is 2.26. The molecule has 0 saturated heterocycles. The molecule has 8 nitrogen and oxygen atoms in total. The summed E-state index contributed by atoms with van der Waals surface area (Å²) < 4.78 is 6.73. The lowest BCUT2D eigenvalue weighted by Crippen LogP contribution is -2.30. The fraction of sp³-hybridized carbons (Fsp3) is 0.333. The van der Waals surface area contributed by atoms with Crippen LogP contribution in [0.15, 0.2) is 41.2 Å². The number of aromatic nitrogens is 2. The van der Waals surface area contributed by atoms with Gasteiger partial charge in [0.1, 0.15) is 11.6 Å². The second kappa shape index (κ2) is 8.40. The normalized spacial score (nSPS) is 12.1. The molecule has 0 saturated carbocycles. The van der Waals surface area contributed by atoms with E-state index in [1.54, 1.807) is 44.4 Å². The van der Waals surface area contributed by atoms with Crippen molar-refractivity contribution < 1.29 is 9.66 Å². The molecular weight excluding hydrogens is 372 g/mol. The van der Waals surface area contributed by atoms with E-state index in [1.165, 1.54) is 10.6 Å². The van der Waals surface area contributed by atoms with Gasteiger partial charge in [-0.15, -0.1) is 0 Å². The van der Waals surface area contributed by atoms with Crippen LogP contribution in [0.1, 0.15) is 37.2 Å². The topological polar surface area (TPSA) is 99.3 Å². The van der Waals surface area contributed by atoms with Crippen molar-refractivity contribution in [2.45, 2.75) is 32.7 Å². The molecule has 0 aliphatic rings. The molecular formula is C21H24N4O4. The summed E-state index contributed by atoms with van der Waals surface area (Å²) in [4.78, 5) is 29.1. The largest absolute Gasteiger partial charge is 0.497 e. The van der Waals surface area contributed by atoms with Gasteiger partial charge in [0.15, 0.2) is 0 Å². The van der Waals surface area contributed by atoms with Crippen molar-refractivity contribution in [2.24, 2.45) is 0 Å². The standard InChI is InChI=1S/C21H24N4O4/c1-5-6-17(22-3)20-23-18-11-13(2)19(25(27)28)12-16(18)21(26)24(20)14-7-9-15(29-4)10-8-14/h7-12,17,22H,5-6H2,1-4H3. The summed E-state index contributed by atoms with van der Waals surface area (Å²) in [5, 5.41) is 14.8. The molecule has 0 spiro atoms. The Bertz CT molecular complexity index is 1110. The van der Waals surface area contributed by atoms with Crippen molar-refractivity contribution >= 4 is 16.6 Å². The number of methoxy groups -OCH3 is 1. The number of nitrogens with zero attached hydrogens (tertiary/aromatic N) is 3. The van der Waals surface area contributed by atoms with Crippen molar-refractivity contribution in [3.05, 3.63) is 68.3 Å². The highest BCUT2D eigenvalue weighted by Gasteiger charge is 2.22. The first-order chi connectivity index (χ1) is 13.9. The smallest absolute Gasteiger partial charge is 0.273 e. The van der Waals surface area contributed by atoms with Crippen LogP contribution in [0.2, 0.25) is 0 Å². The molecule has 1 N–H and O–H groups in total. The molecule has 152 valence electrons. The van der Waals surface area contributed by atoms with Crippen molar-refractivity contribution in [1.82, 2.24) is 14.9 Å². The Morgan fingerprint density at radius 3 is 2.52 bits per heavy atom. The minimum atomic E-state index is -0.479. The van der Waals surface area contributed by atoms with Gasteiger partial charge >= 0.3 is 0 Å². The molecule has 1 atom stereocenters. The Kier molecular flexibility index (Phi) is 5.93. The molecule has 0 amide bonds. The minimum absolute atomic E-state index is 0.0934. The summed E-state index contributed by atoms with van der Waals surface area (Å²) >= 11 is 0. The van der Waals surface area contributed by atoms with Crippen molar-refractivity contribution in [3.63, 3.8) is 0 Å². The Hall–Kier alpha value is -3.26. The van der Waals surface area contributed by atoms with Gasteiger partial charge in [0.2, 0.25) is 0 Å². The first-order valence-corrected chi connectivity index (χ1v) is 9.44. The number of nitro benzene ring substituents is 1. The summed E-state index contributed by atoms with van der Waals surface area (Å²) in [6.07, 6.45) is 1.69. The van der Waals surface area contributed by atoms with Crippen molar-refractivity contribution in [2.75, 3.05) is 14.2 Å². The van der Waals surface area contributed by atoms with Gasteiger partial charge in [0.05, 0.1) is 34.7 Å². The Balaban J connectivity index is 2.37. The number of rotatable bonds is 7. The van der Waals surface area contributed by atoms with Gasteiger partial charge in [-0.1, -0.05) is 13.3 Å². The van der Waals surface area contributed by atoms with E-state index in [2.05, 4.69) is 12.2 Å². The van der Waals surface area contributed by atoms with E-state index in [1.807, 2.05) is 7.05 Å². The van der Waals surface area contributed by atoms with E-state index < -0.39 is 4.92 Å². The zero-order chi connectivity index (χ0) is 21.1. The van der Waals surface area contributed by atoms with Crippen LogP contribution >= 0.6 is 0 Å². The van der Waals surface area contributed by atoms with E-state index in [9.17, 15) is 14.9 Å². The Morgan fingerprint density at radius 2 is 1.97 bits per heavy atom. The van der Waals surface area contributed by atoms with Crippen LogP contribution < -0.4 is 15.6 Å². The Morgan fingerprint density at radius 1 is 1.28 bits per heavy atom. The van der Waals surface area contributed by atoms with Gasteiger partial charge in [-0.2, -0.15) is 0 Å². The summed E-state index contributed by atoms with van der Waals surface area (Å²) in [5.41, 5.74) is 1.12. The second-order valence-electron chi connectivity index (χ2n) is 6.85. The number of ether oxygens (including phenoxy) is 1. The van der Waals surface area contributed by atoms with Gasteiger partial charge in [-0.25, -0.2) is 4.98 Å². The lowest BCUT2D eigenvalue weighted by molar-refractivity contribution is -0.385. The number of nitro groups is 1. The summed E-state index contributed by atoms with van der Waals surface area (Å²) in [6, 6.07) is 9.86. The molecule has 1 unspecified atom stereocenters. The molecule has 0 aliphatic carbocycles. The summed E-state index contributed by atoms with van der Waals surface area (Å²) in [5.74, 6) is 1.24. The quantitative estimate of drug-likeness (QED) is 0.483. The molecule has 0 aliphatic heterocycles. The predicted octanol–water partition coefficient (Wildman–Crippen LogP) is 3.67. The third kappa shape index (κ3) is 3.84. The summed E-state index contributed by atoms with van der Waals surface area (Å²) in [6.45, 7) is 3.71. The molecule has 1 aromatic heterocycles. The van der Waals surface area contributed by atoms with E-state index in [4.69, 9.17) is 9.72 Å². The maximum Gasteiger partial charge on any atom is 0.273 e. The van der Waals surface area contributed by atoms with Gasteiger partial charge in [-0.05, 0) is 50.7 Å². The molecule has 2 aromatic carbocycles. The maximum absolute atomic E-state index is 13.5. The zero-order valence-electron chi connectivity index (χ0n) is 16.9. The molecule has 3 rings (SSSR count). The van der Waals surface area contributed by atoms with Crippen LogP contribution in [0.3, 0.4) is 0 Å². The van der Waals surface area contributed by atoms with E-state index in [0.717, 1.165) is 12.8 Å². The first-order valence-electron chi connectivity index (χ1n) is 9.44. The fourth-order valence-corrected chi connectivity index (χ4v) is 3.45. The predicted molar refractivity (Wildman–Crippen MR) is 112 cm³/mol. The van der Waals surface area contributed by atoms with Gasteiger partial charge in [0, 0.05) is 11.6 Å². The fourth-order valence-electron chi connectivity index (χ4n) is 3.45. The molecule has 29 heavy (non-hydrogen) atoms. The zero-order valence-corrected chi connectivity index (χ0v) is 16.9. The van der Waals surface area contributed by atoms with Crippen molar-refractivity contribution in [3.8, 4) is 11.4 Å². The molecule has 3 aromatic rings. The molecule has 0 radical (unpaired) electrons. The first kappa shape index (κ1) is 20.5. The Labute approximate surface area is 168 Å². The second-order valence-corrected chi connectivity index (χ2v) is 6.85. The lowest BCUT2D eigenvalue weighted by Gasteiger charge is -2.21. The summed E-state index contributed by atoms with van der Waals surface area (Å²) in [7, 11) is 3.40. The molecule has 8 heteroatoms. The van der Waals surface area contributed by atoms with Crippen LogP contribution in [-0.4, -0.2) is 28.6 Å². The minimum Gasteiger partial charge on any atom is -0.497 e. The van der Waals surface area contributed by atoms with E-state index in [0.29, 0.717) is 28.3 Å². The van der Waals surface area contributed by atoms with Gasteiger partial charge in [0.25, 0.3) is 11.2 Å². The SMILES string of the molecule is CCCC(NC)c1nc2cc(C)c([N+](=O)[O-])cc2c(=O)n1-c1ccc(OC)cc1. The average Bonchev–Trinajstić information content (AvgIpc) is 2.71. The van der Waals surface area contributed by atoms with Crippen LogP contribution in [-0.2, 0) is 0 Å². The van der Waals surface area contributed by atoms with Crippen LogP contribution in [0.25, 0.3) is 16.6 Å². The number of benzene rings is 2. The number of aryl methyl sites for hydroxylation is 1. The van der Waals surface area contributed by atoms with Crippen molar-refractivity contribution in [1.29, 1.82) is 0 Å². The van der Waals surface area contributed by atoms with E-state index in [-0.39, 0.29) is 22.7 Å². The van der Waals surface area contributed by atoms with Gasteiger partial charge in [-0.3, -0.25) is 19.5 Å². The number of nitrogens with one attached hydrogen (secondary N) is 1. The van der Waals surface area contributed by atoms with Crippen LogP contribution in [0.4, 0.5) is 5.69 Å². The number of hydrogen-bond acceptors (Lipinski definition) is 6. The van der Waals surface area contributed by atoms with Crippen LogP contribution in [0.5, 0.6) is 5.75 Å². The maximum atomic E-state index is 13.5. The lowest BCUT2D eigenvalue weighted by atomic mass is 10.1. The number of fused-ring (bicyclic) bond motifs is 1.